The van der Waals surface area contributed by atoms with E-state index in [0.29, 0.717) is 28.9 Å². The SMILES string of the molecule is CCC(C)Nc1ccc(C(=O)Nc2ccc(OC)cc2OC)nc1. The summed E-state index contributed by atoms with van der Waals surface area (Å²) in [5, 5.41) is 6.11. The molecule has 0 saturated heterocycles. The summed E-state index contributed by atoms with van der Waals surface area (Å²) in [6.45, 7) is 4.20. The van der Waals surface area contributed by atoms with Gasteiger partial charge < -0.3 is 20.1 Å². The third kappa shape index (κ3) is 4.38. The quantitative estimate of drug-likeness (QED) is 0.812. The van der Waals surface area contributed by atoms with Gasteiger partial charge in [-0.05, 0) is 37.6 Å². The second-order valence-corrected chi connectivity index (χ2v) is 5.41. The maximum atomic E-state index is 12.3. The fourth-order valence-electron chi connectivity index (χ4n) is 2.09. The number of nitrogens with zero attached hydrogens (tertiary/aromatic N) is 1. The molecule has 0 aliphatic carbocycles. The maximum absolute atomic E-state index is 12.3. The summed E-state index contributed by atoms with van der Waals surface area (Å²) < 4.78 is 10.4. The average Bonchev–Trinajstić information content (AvgIpc) is 2.62. The molecule has 2 rings (SSSR count). The highest BCUT2D eigenvalue weighted by Crippen LogP contribution is 2.29. The van der Waals surface area contributed by atoms with Crippen molar-refractivity contribution in [3.63, 3.8) is 0 Å². The molecule has 1 amide bonds. The molecule has 1 atom stereocenters. The number of hydrogen-bond acceptors (Lipinski definition) is 5. The first-order valence-corrected chi connectivity index (χ1v) is 7.83. The summed E-state index contributed by atoms with van der Waals surface area (Å²) in [6.07, 6.45) is 2.67. The van der Waals surface area contributed by atoms with Crippen molar-refractivity contribution >= 4 is 17.3 Å². The summed E-state index contributed by atoms with van der Waals surface area (Å²) in [4.78, 5) is 16.6. The van der Waals surface area contributed by atoms with Gasteiger partial charge in [-0.15, -0.1) is 0 Å². The van der Waals surface area contributed by atoms with E-state index in [4.69, 9.17) is 9.47 Å². The minimum Gasteiger partial charge on any atom is -0.497 e. The lowest BCUT2D eigenvalue weighted by atomic mass is 10.2. The third-order valence-electron chi connectivity index (χ3n) is 3.68. The van der Waals surface area contributed by atoms with Gasteiger partial charge >= 0.3 is 0 Å². The van der Waals surface area contributed by atoms with Crippen LogP contribution >= 0.6 is 0 Å². The molecule has 0 saturated carbocycles. The first-order chi connectivity index (χ1) is 11.6. The number of hydrogen-bond donors (Lipinski definition) is 2. The van der Waals surface area contributed by atoms with Crippen LogP contribution in [0.2, 0.25) is 0 Å². The van der Waals surface area contributed by atoms with E-state index in [-0.39, 0.29) is 5.91 Å². The molecule has 0 spiro atoms. The molecule has 0 bridgehead atoms. The van der Waals surface area contributed by atoms with Crippen molar-refractivity contribution in [3.05, 3.63) is 42.2 Å². The van der Waals surface area contributed by atoms with Gasteiger partial charge in [0.25, 0.3) is 5.91 Å². The fourth-order valence-corrected chi connectivity index (χ4v) is 2.09. The van der Waals surface area contributed by atoms with Crippen molar-refractivity contribution in [2.24, 2.45) is 0 Å². The zero-order valence-electron chi connectivity index (χ0n) is 14.4. The van der Waals surface area contributed by atoms with Gasteiger partial charge in [0.15, 0.2) is 0 Å². The number of aromatic nitrogens is 1. The maximum Gasteiger partial charge on any atom is 0.274 e. The monoisotopic (exact) mass is 329 g/mol. The predicted octanol–water partition coefficient (Wildman–Crippen LogP) is 3.56. The lowest BCUT2D eigenvalue weighted by molar-refractivity contribution is 0.102. The van der Waals surface area contributed by atoms with Gasteiger partial charge in [-0.3, -0.25) is 4.79 Å². The van der Waals surface area contributed by atoms with E-state index in [2.05, 4.69) is 29.5 Å². The van der Waals surface area contributed by atoms with Crippen LogP contribution in [0, 0.1) is 0 Å². The molecule has 2 N–H and O–H groups in total. The van der Waals surface area contributed by atoms with Crippen molar-refractivity contribution in [3.8, 4) is 11.5 Å². The molecule has 1 unspecified atom stereocenters. The first-order valence-electron chi connectivity index (χ1n) is 7.83. The Balaban J connectivity index is 2.09. The molecule has 1 aromatic carbocycles. The lowest BCUT2D eigenvalue weighted by Crippen LogP contribution is -2.16. The molecule has 0 fully saturated rings. The van der Waals surface area contributed by atoms with Crippen LogP contribution in [0.5, 0.6) is 11.5 Å². The summed E-state index contributed by atoms with van der Waals surface area (Å²) in [5.74, 6) is 0.884. The number of ether oxygens (including phenoxy) is 2. The molecule has 0 radical (unpaired) electrons. The smallest absolute Gasteiger partial charge is 0.274 e. The van der Waals surface area contributed by atoms with Crippen LogP contribution in [0.25, 0.3) is 0 Å². The fraction of sp³-hybridized carbons (Fsp3) is 0.333. The highest BCUT2D eigenvalue weighted by atomic mass is 16.5. The second-order valence-electron chi connectivity index (χ2n) is 5.41. The second kappa shape index (κ2) is 8.19. The van der Waals surface area contributed by atoms with Crippen LogP contribution in [0.15, 0.2) is 36.5 Å². The number of carbonyl (C=O) groups excluding carboxylic acids is 1. The zero-order chi connectivity index (χ0) is 17.5. The van der Waals surface area contributed by atoms with E-state index in [9.17, 15) is 4.79 Å². The van der Waals surface area contributed by atoms with E-state index in [1.54, 1.807) is 37.6 Å². The number of benzene rings is 1. The minimum absolute atomic E-state index is 0.298. The van der Waals surface area contributed by atoms with E-state index in [0.717, 1.165) is 12.1 Å². The topological polar surface area (TPSA) is 72.5 Å². The van der Waals surface area contributed by atoms with Gasteiger partial charge in [0, 0.05) is 12.1 Å². The van der Waals surface area contributed by atoms with Crippen molar-refractivity contribution in [2.75, 3.05) is 24.9 Å². The van der Waals surface area contributed by atoms with E-state index < -0.39 is 0 Å². The lowest BCUT2D eigenvalue weighted by Gasteiger charge is -2.13. The Morgan fingerprint density at radius 3 is 2.58 bits per heavy atom. The van der Waals surface area contributed by atoms with E-state index >= 15 is 0 Å². The van der Waals surface area contributed by atoms with Crippen LogP contribution in [0.4, 0.5) is 11.4 Å². The Labute approximate surface area is 142 Å². The van der Waals surface area contributed by atoms with E-state index in [1.165, 1.54) is 7.11 Å². The minimum atomic E-state index is -0.298. The van der Waals surface area contributed by atoms with E-state index in [1.807, 2.05) is 6.07 Å². The van der Waals surface area contributed by atoms with Crippen molar-refractivity contribution < 1.29 is 14.3 Å². The summed E-state index contributed by atoms with van der Waals surface area (Å²) in [6, 6.07) is 9.09. The molecule has 1 aromatic heterocycles. The number of methoxy groups -OCH3 is 2. The Kier molecular flexibility index (Phi) is 6.01. The third-order valence-corrected chi connectivity index (χ3v) is 3.68. The van der Waals surface area contributed by atoms with Gasteiger partial charge in [-0.25, -0.2) is 4.98 Å². The molecule has 1 heterocycles. The highest BCUT2D eigenvalue weighted by molar-refractivity contribution is 6.03. The molecule has 128 valence electrons. The molecule has 6 nitrogen and oxygen atoms in total. The van der Waals surface area contributed by atoms with Crippen molar-refractivity contribution in [1.29, 1.82) is 0 Å². The predicted molar refractivity (Wildman–Crippen MR) is 95.1 cm³/mol. The molecular weight excluding hydrogens is 306 g/mol. The van der Waals surface area contributed by atoms with Crippen molar-refractivity contribution in [1.82, 2.24) is 4.98 Å². The number of nitrogens with one attached hydrogen (secondary N) is 2. The number of rotatable bonds is 7. The standard InChI is InChI=1S/C18H23N3O3/c1-5-12(2)20-13-6-8-16(19-11-13)18(22)21-15-9-7-14(23-3)10-17(15)24-4/h6-12,20H,5H2,1-4H3,(H,21,22). The van der Waals surface area contributed by atoms with Crippen LogP contribution in [-0.2, 0) is 0 Å². The summed E-state index contributed by atoms with van der Waals surface area (Å²) in [5.41, 5.74) is 1.79. The first kappa shape index (κ1) is 17.6. The Morgan fingerprint density at radius 2 is 2.00 bits per heavy atom. The van der Waals surface area contributed by atoms with Crippen LogP contribution in [0.3, 0.4) is 0 Å². The molecule has 0 aliphatic rings. The van der Waals surface area contributed by atoms with Crippen LogP contribution in [0.1, 0.15) is 30.8 Å². The average molecular weight is 329 g/mol. The summed E-state index contributed by atoms with van der Waals surface area (Å²) >= 11 is 0. The Bertz CT molecular complexity index is 686. The molecule has 2 aromatic rings. The van der Waals surface area contributed by atoms with Crippen molar-refractivity contribution in [2.45, 2.75) is 26.3 Å². The van der Waals surface area contributed by atoms with Gasteiger partial charge in [0.1, 0.15) is 17.2 Å². The normalized spacial score (nSPS) is 11.5. The Morgan fingerprint density at radius 1 is 1.21 bits per heavy atom. The van der Waals surface area contributed by atoms with Gasteiger partial charge in [-0.1, -0.05) is 6.92 Å². The van der Waals surface area contributed by atoms with Crippen LogP contribution in [-0.4, -0.2) is 31.2 Å². The Hall–Kier alpha value is -2.76. The van der Waals surface area contributed by atoms with Crippen LogP contribution < -0.4 is 20.1 Å². The van der Waals surface area contributed by atoms with Gasteiger partial charge in [-0.2, -0.15) is 0 Å². The number of anilines is 2. The zero-order valence-corrected chi connectivity index (χ0v) is 14.4. The number of amides is 1. The highest BCUT2D eigenvalue weighted by Gasteiger charge is 2.12. The molecule has 6 heteroatoms. The van der Waals surface area contributed by atoms with Gasteiger partial charge in [0.05, 0.1) is 31.8 Å². The van der Waals surface area contributed by atoms with Gasteiger partial charge in [0.2, 0.25) is 0 Å². The largest absolute Gasteiger partial charge is 0.497 e. The summed E-state index contributed by atoms with van der Waals surface area (Å²) in [7, 11) is 3.12. The number of carbonyl (C=O) groups is 1. The molecule has 24 heavy (non-hydrogen) atoms. The number of pyridine rings is 1. The molecular formula is C18H23N3O3. The molecule has 0 aliphatic heterocycles.